The molecule has 0 unspecified atom stereocenters. The first-order valence-electron chi connectivity index (χ1n) is 7.93. The molecule has 1 atom stereocenters. The average Bonchev–Trinajstić information content (AvgIpc) is 3.12. The molecule has 0 aliphatic heterocycles. The van der Waals surface area contributed by atoms with Crippen LogP contribution in [0.25, 0.3) is 11.3 Å². The zero-order valence-electron chi connectivity index (χ0n) is 13.8. The molecule has 0 radical (unpaired) electrons. The van der Waals surface area contributed by atoms with Gasteiger partial charge >= 0.3 is 6.18 Å². The number of aromatic amines is 1. The zero-order valence-corrected chi connectivity index (χ0v) is 13.8. The number of hydrogen-bond donors (Lipinski definition) is 2. The molecule has 0 saturated carbocycles. The van der Waals surface area contributed by atoms with E-state index in [4.69, 9.17) is 0 Å². The van der Waals surface area contributed by atoms with E-state index in [0.717, 1.165) is 23.4 Å². The molecule has 0 bridgehead atoms. The molecule has 134 valence electrons. The number of imidazole rings is 1. The molecule has 26 heavy (non-hydrogen) atoms. The third-order valence-corrected chi connectivity index (χ3v) is 3.89. The van der Waals surface area contributed by atoms with Crippen LogP contribution in [0.5, 0.6) is 0 Å². The van der Waals surface area contributed by atoms with Gasteiger partial charge in [0, 0.05) is 5.56 Å². The number of benzene rings is 2. The molecular weight excluding hydrogens is 343 g/mol. The van der Waals surface area contributed by atoms with Crippen molar-refractivity contribution in [3.05, 3.63) is 77.7 Å². The first-order valence-corrected chi connectivity index (χ1v) is 7.93. The van der Waals surface area contributed by atoms with Crippen LogP contribution in [0, 0.1) is 0 Å². The lowest BCUT2D eigenvalue weighted by molar-refractivity contribution is -0.137. The summed E-state index contributed by atoms with van der Waals surface area (Å²) in [6.45, 7) is 1.71. The molecule has 0 saturated heterocycles. The Kier molecular flexibility index (Phi) is 4.79. The Labute approximate surface area is 148 Å². The quantitative estimate of drug-likeness (QED) is 0.716. The molecule has 0 aliphatic rings. The minimum Gasteiger partial charge on any atom is -0.342 e. The van der Waals surface area contributed by atoms with Gasteiger partial charge < -0.3 is 10.3 Å². The van der Waals surface area contributed by atoms with Gasteiger partial charge in [0.25, 0.3) is 5.91 Å². The van der Waals surface area contributed by atoms with E-state index in [9.17, 15) is 18.0 Å². The summed E-state index contributed by atoms with van der Waals surface area (Å²) in [7, 11) is 0. The predicted molar refractivity (Wildman–Crippen MR) is 91.3 cm³/mol. The highest BCUT2D eigenvalue weighted by Crippen LogP contribution is 2.29. The van der Waals surface area contributed by atoms with Crippen molar-refractivity contribution >= 4 is 5.91 Å². The normalized spacial score (nSPS) is 12.6. The third-order valence-electron chi connectivity index (χ3n) is 3.89. The molecule has 2 aromatic carbocycles. The number of aromatic nitrogens is 2. The van der Waals surface area contributed by atoms with Crippen LogP contribution in [0.1, 0.15) is 34.7 Å². The predicted octanol–water partition coefficient (Wildman–Crippen LogP) is 4.59. The summed E-state index contributed by atoms with van der Waals surface area (Å²) in [4.78, 5) is 19.6. The van der Waals surface area contributed by atoms with E-state index in [2.05, 4.69) is 15.3 Å². The van der Waals surface area contributed by atoms with Gasteiger partial charge in [-0.25, -0.2) is 4.98 Å². The first-order chi connectivity index (χ1) is 12.3. The van der Waals surface area contributed by atoms with Crippen molar-refractivity contribution < 1.29 is 18.0 Å². The number of H-pyrrole nitrogens is 1. The molecule has 0 aliphatic carbocycles. The minimum atomic E-state index is -4.49. The second-order valence-corrected chi connectivity index (χ2v) is 5.82. The Hall–Kier alpha value is -3.09. The second kappa shape index (κ2) is 7.03. The van der Waals surface area contributed by atoms with Gasteiger partial charge in [-0.3, -0.25) is 4.79 Å². The highest BCUT2D eigenvalue weighted by Gasteiger charge is 2.31. The highest BCUT2D eigenvalue weighted by atomic mass is 19.4. The van der Waals surface area contributed by atoms with Gasteiger partial charge in [0.2, 0.25) is 0 Å². The van der Waals surface area contributed by atoms with E-state index in [1.165, 1.54) is 12.1 Å². The maximum absolute atomic E-state index is 12.8. The van der Waals surface area contributed by atoms with Crippen LogP contribution >= 0.6 is 0 Å². The fraction of sp³-hybridized carbons (Fsp3) is 0.158. The molecule has 3 rings (SSSR count). The van der Waals surface area contributed by atoms with Crippen LogP contribution in [-0.4, -0.2) is 15.9 Å². The lowest BCUT2D eigenvalue weighted by atomic mass is 10.1. The van der Waals surface area contributed by atoms with Gasteiger partial charge in [-0.05, 0) is 30.7 Å². The number of hydrogen-bond acceptors (Lipinski definition) is 2. The molecule has 1 heterocycles. The Morgan fingerprint density at radius 1 is 1.12 bits per heavy atom. The number of alkyl halides is 3. The molecule has 1 aromatic heterocycles. The van der Waals surface area contributed by atoms with Crippen molar-refractivity contribution in [1.82, 2.24) is 15.3 Å². The Morgan fingerprint density at radius 2 is 1.85 bits per heavy atom. The Morgan fingerprint density at radius 3 is 2.54 bits per heavy atom. The standard InChI is InChI=1S/C19H16F3N3O/c1-12(17-23-11-16(25-17)13-6-3-2-4-7-13)24-18(26)14-8-5-9-15(10-14)19(20,21)22/h2-12H,1H3,(H,23,25)(H,24,26)/t12-/m0/s1. The van der Waals surface area contributed by atoms with Crippen LogP contribution in [0.4, 0.5) is 13.2 Å². The van der Waals surface area contributed by atoms with Gasteiger partial charge in [0.1, 0.15) is 5.82 Å². The fourth-order valence-electron chi connectivity index (χ4n) is 2.51. The van der Waals surface area contributed by atoms with Gasteiger partial charge in [-0.1, -0.05) is 36.4 Å². The van der Waals surface area contributed by atoms with E-state index >= 15 is 0 Å². The zero-order chi connectivity index (χ0) is 18.7. The van der Waals surface area contributed by atoms with Gasteiger partial charge in [0.05, 0.1) is 23.5 Å². The summed E-state index contributed by atoms with van der Waals surface area (Å²) in [6.07, 6.45) is -2.84. The summed E-state index contributed by atoms with van der Waals surface area (Å²) in [5, 5.41) is 2.66. The number of nitrogens with zero attached hydrogens (tertiary/aromatic N) is 1. The van der Waals surface area contributed by atoms with Crippen molar-refractivity contribution in [2.24, 2.45) is 0 Å². The van der Waals surface area contributed by atoms with Gasteiger partial charge in [0.15, 0.2) is 0 Å². The maximum atomic E-state index is 12.8. The molecule has 4 nitrogen and oxygen atoms in total. The largest absolute Gasteiger partial charge is 0.416 e. The third kappa shape index (κ3) is 3.93. The highest BCUT2D eigenvalue weighted by molar-refractivity contribution is 5.94. The van der Waals surface area contributed by atoms with Crippen molar-refractivity contribution in [3.63, 3.8) is 0 Å². The molecular formula is C19H16F3N3O. The smallest absolute Gasteiger partial charge is 0.342 e. The van der Waals surface area contributed by atoms with Crippen LogP contribution in [0.3, 0.4) is 0 Å². The van der Waals surface area contributed by atoms with E-state index < -0.39 is 23.7 Å². The average molecular weight is 359 g/mol. The lowest BCUT2D eigenvalue weighted by Crippen LogP contribution is -2.27. The van der Waals surface area contributed by atoms with Gasteiger partial charge in [-0.2, -0.15) is 13.2 Å². The second-order valence-electron chi connectivity index (χ2n) is 5.82. The summed E-state index contributed by atoms with van der Waals surface area (Å²) < 4.78 is 38.3. The summed E-state index contributed by atoms with van der Waals surface area (Å²) in [5.74, 6) is -0.0783. The Bertz CT molecular complexity index is 904. The summed E-state index contributed by atoms with van der Waals surface area (Å²) >= 11 is 0. The van der Waals surface area contributed by atoms with Gasteiger partial charge in [-0.15, -0.1) is 0 Å². The SMILES string of the molecule is C[C@H](NC(=O)c1cccc(C(F)(F)F)c1)c1ncc(-c2ccccc2)[nH]1. The topological polar surface area (TPSA) is 57.8 Å². The van der Waals surface area contributed by atoms with Crippen LogP contribution in [0.15, 0.2) is 60.8 Å². The maximum Gasteiger partial charge on any atom is 0.416 e. The summed E-state index contributed by atoms with van der Waals surface area (Å²) in [6, 6.07) is 13.4. The van der Waals surface area contributed by atoms with Crippen molar-refractivity contribution in [1.29, 1.82) is 0 Å². The number of halogens is 3. The van der Waals surface area contributed by atoms with Crippen LogP contribution < -0.4 is 5.32 Å². The van der Waals surface area contributed by atoms with Crippen molar-refractivity contribution in [2.75, 3.05) is 0 Å². The van der Waals surface area contributed by atoms with Crippen molar-refractivity contribution in [2.45, 2.75) is 19.1 Å². The fourth-order valence-corrected chi connectivity index (χ4v) is 2.51. The molecule has 1 amide bonds. The van der Waals surface area contributed by atoms with Crippen LogP contribution in [0.2, 0.25) is 0 Å². The van der Waals surface area contributed by atoms with E-state index in [1.54, 1.807) is 13.1 Å². The number of nitrogens with one attached hydrogen (secondary N) is 2. The molecule has 0 spiro atoms. The van der Waals surface area contributed by atoms with Crippen molar-refractivity contribution in [3.8, 4) is 11.3 Å². The monoisotopic (exact) mass is 359 g/mol. The van der Waals surface area contributed by atoms with E-state index in [0.29, 0.717) is 5.82 Å². The summed E-state index contributed by atoms with van der Waals surface area (Å²) in [5.41, 5.74) is 0.826. The van der Waals surface area contributed by atoms with E-state index in [1.807, 2.05) is 30.3 Å². The number of amides is 1. The minimum absolute atomic E-state index is 0.0542. The van der Waals surface area contributed by atoms with Crippen LogP contribution in [-0.2, 0) is 6.18 Å². The number of rotatable bonds is 4. The lowest BCUT2D eigenvalue weighted by Gasteiger charge is -2.13. The van der Waals surface area contributed by atoms with E-state index in [-0.39, 0.29) is 5.56 Å². The number of carbonyl (C=O) groups excluding carboxylic acids is 1. The first kappa shape index (κ1) is 17.7. The molecule has 7 heteroatoms. The molecule has 2 N–H and O–H groups in total. The molecule has 3 aromatic rings. The Balaban J connectivity index is 1.73. The number of carbonyl (C=O) groups is 1. The molecule has 0 fully saturated rings.